The Morgan fingerprint density at radius 1 is 1.46 bits per heavy atom. The van der Waals surface area contributed by atoms with Crippen LogP contribution in [0.2, 0.25) is 0 Å². The Kier molecular flexibility index (Phi) is 4.43. The SMILES string of the molecule is CCCC(=O)C1CCCN(CC)C1. The van der Waals surface area contributed by atoms with Crippen LogP contribution in [0.5, 0.6) is 0 Å². The van der Waals surface area contributed by atoms with Crippen LogP contribution >= 0.6 is 0 Å². The van der Waals surface area contributed by atoms with Crippen molar-refractivity contribution < 1.29 is 4.79 Å². The third-order valence-corrected chi connectivity index (χ3v) is 2.90. The maximum absolute atomic E-state index is 11.6. The molecule has 0 aliphatic carbocycles. The number of carbonyl (C=O) groups is 1. The largest absolute Gasteiger partial charge is 0.303 e. The molecule has 1 unspecified atom stereocenters. The second-order valence-electron chi connectivity index (χ2n) is 3.95. The molecule has 2 heteroatoms. The van der Waals surface area contributed by atoms with Gasteiger partial charge in [-0.1, -0.05) is 13.8 Å². The quantitative estimate of drug-likeness (QED) is 0.665. The van der Waals surface area contributed by atoms with Gasteiger partial charge in [-0.25, -0.2) is 0 Å². The van der Waals surface area contributed by atoms with E-state index in [1.807, 2.05) is 0 Å². The molecular weight excluding hydrogens is 162 g/mol. The summed E-state index contributed by atoms with van der Waals surface area (Å²) in [6.07, 6.45) is 4.10. The summed E-state index contributed by atoms with van der Waals surface area (Å²) in [5.74, 6) is 0.828. The van der Waals surface area contributed by atoms with Crippen LogP contribution in [0.25, 0.3) is 0 Å². The van der Waals surface area contributed by atoms with Gasteiger partial charge in [-0.05, 0) is 32.4 Å². The van der Waals surface area contributed by atoms with Gasteiger partial charge in [0.1, 0.15) is 5.78 Å². The zero-order valence-corrected chi connectivity index (χ0v) is 8.88. The van der Waals surface area contributed by atoms with Crippen LogP contribution in [-0.2, 0) is 4.79 Å². The van der Waals surface area contributed by atoms with Gasteiger partial charge in [0.2, 0.25) is 0 Å². The minimum Gasteiger partial charge on any atom is -0.303 e. The van der Waals surface area contributed by atoms with Crippen molar-refractivity contribution in [2.75, 3.05) is 19.6 Å². The molecule has 0 aromatic rings. The Labute approximate surface area is 81.3 Å². The molecule has 76 valence electrons. The molecule has 0 radical (unpaired) electrons. The first-order chi connectivity index (χ1) is 6.27. The third kappa shape index (κ3) is 3.11. The Morgan fingerprint density at radius 2 is 2.23 bits per heavy atom. The number of piperidine rings is 1. The molecule has 1 heterocycles. The molecule has 2 nitrogen and oxygen atoms in total. The van der Waals surface area contributed by atoms with Gasteiger partial charge < -0.3 is 4.90 Å². The second kappa shape index (κ2) is 5.38. The number of likely N-dealkylation sites (tertiary alicyclic amines) is 1. The van der Waals surface area contributed by atoms with E-state index in [1.165, 1.54) is 13.0 Å². The van der Waals surface area contributed by atoms with Crippen molar-refractivity contribution in [3.63, 3.8) is 0 Å². The average Bonchev–Trinajstić information content (AvgIpc) is 2.18. The van der Waals surface area contributed by atoms with Gasteiger partial charge in [-0.2, -0.15) is 0 Å². The van der Waals surface area contributed by atoms with E-state index in [2.05, 4.69) is 18.7 Å². The lowest BCUT2D eigenvalue weighted by molar-refractivity contribution is -0.124. The van der Waals surface area contributed by atoms with Gasteiger partial charge in [-0.3, -0.25) is 4.79 Å². The fraction of sp³-hybridized carbons (Fsp3) is 0.909. The van der Waals surface area contributed by atoms with E-state index < -0.39 is 0 Å². The van der Waals surface area contributed by atoms with Gasteiger partial charge in [0.25, 0.3) is 0 Å². The molecule has 0 bridgehead atoms. The third-order valence-electron chi connectivity index (χ3n) is 2.90. The molecule has 1 atom stereocenters. The molecule has 0 aromatic carbocycles. The molecule has 1 aliphatic heterocycles. The summed E-state index contributed by atoms with van der Waals surface area (Å²) in [4.78, 5) is 14.0. The van der Waals surface area contributed by atoms with Gasteiger partial charge >= 0.3 is 0 Å². The summed E-state index contributed by atoms with van der Waals surface area (Å²) in [5, 5.41) is 0. The minimum absolute atomic E-state index is 0.341. The maximum atomic E-state index is 11.6. The summed E-state index contributed by atoms with van der Waals surface area (Å²) in [5.41, 5.74) is 0. The number of hydrogen-bond donors (Lipinski definition) is 0. The lowest BCUT2D eigenvalue weighted by atomic mass is 9.92. The van der Waals surface area contributed by atoms with Crippen LogP contribution < -0.4 is 0 Å². The molecule has 13 heavy (non-hydrogen) atoms. The van der Waals surface area contributed by atoms with Crippen LogP contribution in [0.3, 0.4) is 0 Å². The van der Waals surface area contributed by atoms with Gasteiger partial charge in [-0.15, -0.1) is 0 Å². The predicted molar refractivity (Wildman–Crippen MR) is 54.8 cm³/mol. The molecule has 0 amide bonds. The average molecular weight is 183 g/mol. The van der Waals surface area contributed by atoms with Crippen LogP contribution in [0, 0.1) is 5.92 Å². The highest BCUT2D eigenvalue weighted by atomic mass is 16.1. The van der Waals surface area contributed by atoms with Crippen LogP contribution in [0.15, 0.2) is 0 Å². The normalized spacial score (nSPS) is 24.6. The molecule has 0 spiro atoms. The van der Waals surface area contributed by atoms with Gasteiger partial charge in [0.15, 0.2) is 0 Å². The van der Waals surface area contributed by atoms with E-state index in [4.69, 9.17) is 0 Å². The number of hydrogen-bond acceptors (Lipinski definition) is 2. The number of carbonyl (C=O) groups excluding carboxylic acids is 1. The Morgan fingerprint density at radius 3 is 2.85 bits per heavy atom. The van der Waals surface area contributed by atoms with Gasteiger partial charge in [0, 0.05) is 18.9 Å². The van der Waals surface area contributed by atoms with Gasteiger partial charge in [0.05, 0.1) is 0 Å². The fourth-order valence-electron chi connectivity index (χ4n) is 2.06. The van der Waals surface area contributed by atoms with Crippen molar-refractivity contribution >= 4 is 5.78 Å². The van der Waals surface area contributed by atoms with E-state index in [0.29, 0.717) is 11.7 Å². The highest BCUT2D eigenvalue weighted by Gasteiger charge is 2.23. The van der Waals surface area contributed by atoms with E-state index in [0.717, 1.165) is 32.4 Å². The summed E-state index contributed by atoms with van der Waals surface area (Å²) in [6.45, 7) is 7.54. The lowest BCUT2D eigenvalue weighted by Gasteiger charge is -2.30. The summed E-state index contributed by atoms with van der Waals surface area (Å²) < 4.78 is 0. The highest BCUT2D eigenvalue weighted by Crippen LogP contribution is 2.18. The maximum Gasteiger partial charge on any atom is 0.137 e. The number of Topliss-reactive ketones (excluding diaryl/α,β-unsaturated/α-hetero) is 1. The minimum atomic E-state index is 0.341. The van der Waals surface area contributed by atoms with Crippen molar-refractivity contribution in [1.29, 1.82) is 0 Å². The van der Waals surface area contributed by atoms with Crippen LogP contribution in [0.4, 0.5) is 0 Å². The van der Waals surface area contributed by atoms with E-state index in [9.17, 15) is 4.79 Å². The lowest BCUT2D eigenvalue weighted by Crippen LogP contribution is -2.38. The summed E-state index contributed by atoms with van der Waals surface area (Å²) in [7, 11) is 0. The topological polar surface area (TPSA) is 20.3 Å². The first kappa shape index (κ1) is 10.7. The summed E-state index contributed by atoms with van der Waals surface area (Å²) in [6, 6.07) is 0. The van der Waals surface area contributed by atoms with E-state index in [1.54, 1.807) is 0 Å². The highest BCUT2D eigenvalue weighted by molar-refractivity contribution is 5.81. The number of rotatable bonds is 4. The second-order valence-corrected chi connectivity index (χ2v) is 3.95. The van der Waals surface area contributed by atoms with Crippen molar-refractivity contribution in [2.24, 2.45) is 5.92 Å². The molecule has 1 saturated heterocycles. The molecule has 0 saturated carbocycles. The Bertz CT molecular complexity index is 167. The predicted octanol–water partition coefficient (Wildman–Crippen LogP) is 2.09. The molecule has 0 aromatic heterocycles. The van der Waals surface area contributed by atoms with Crippen LogP contribution in [-0.4, -0.2) is 30.3 Å². The van der Waals surface area contributed by atoms with Crippen molar-refractivity contribution in [1.82, 2.24) is 4.90 Å². The van der Waals surface area contributed by atoms with E-state index >= 15 is 0 Å². The first-order valence-corrected chi connectivity index (χ1v) is 5.53. The Hall–Kier alpha value is -0.370. The van der Waals surface area contributed by atoms with E-state index in [-0.39, 0.29) is 0 Å². The van der Waals surface area contributed by atoms with Crippen molar-refractivity contribution in [3.05, 3.63) is 0 Å². The monoisotopic (exact) mass is 183 g/mol. The fourth-order valence-corrected chi connectivity index (χ4v) is 2.06. The zero-order valence-electron chi connectivity index (χ0n) is 8.88. The standard InChI is InChI=1S/C11H21NO/c1-3-6-11(13)10-7-5-8-12(4-2)9-10/h10H,3-9H2,1-2H3. The molecule has 0 N–H and O–H groups in total. The molecule has 1 rings (SSSR count). The Balaban J connectivity index is 2.37. The summed E-state index contributed by atoms with van der Waals surface area (Å²) >= 11 is 0. The smallest absolute Gasteiger partial charge is 0.137 e. The van der Waals surface area contributed by atoms with Crippen molar-refractivity contribution in [2.45, 2.75) is 39.5 Å². The first-order valence-electron chi connectivity index (χ1n) is 5.53. The van der Waals surface area contributed by atoms with Crippen LogP contribution in [0.1, 0.15) is 39.5 Å². The molecule has 1 aliphatic rings. The zero-order chi connectivity index (χ0) is 9.68. The van der Waals surface area contributed by atoms with Crippen molar-refractivity contribution in [3.8, 4) is 0 Å². The molecule has 1 fully saturated rings. The number of ketones is 1. The molecular formula is C11H21NO. The number of nitrogens with zero attached hydrogens (tertiary/aromatic N) is 1.